The number of rotatable bonds is 2. The van der Waals surface area contributed by atoms with Crippen molar-refractivity contribution in [2.24, 2.45) is 0 Å². The van der Waals surface area contributed by atoms with Crippen LogP contribution in [-0.2, 0) is 6.42 Å². The molecule has 1 N–H and O–H groups in total. The highest BCUT2D eigenvalue weighted by Crippen LogP contribution is 2.28. The van der Waals surface area contributed by atoms with Crippen LogP contribution < -0.4 is 10.2 Å². The molecule has 5 nitrogen and oxygen atoms in total. The Kier molecular flexibility index (Phi) is 3.26. The van der Waals surface area contributed by atoms with Crippen LogP contribution in [0.25, 0.3) is 5.52 Å². The minimum absolute atomic E-state index is 0.0992. The summed E-state index contributed by atoms with van der Waals surface area (Å²) in [5.41, 5.74) is 4.94. The predicted molar refractivity (Wildman–Crippen MR) is 91.2 cm³/mol. The lowest BCUT2D eigenvalue weighted by molar-refractivity contribution is 0.102. The monoisotopic (exact) mass is 306 g/mol. The van der Waals surface area contributed by atoms with Crippen molar-refractivity contribution in [3.63, 3.8) is 0 Å². The highest BCUT2D eigenvalue weighted by atomic mass is 16.1. The van der Waals surface area contributed by atoms with Gasteiger partial charge < -0.3 is 14.6 Å². The average molecular weight is 306 g/mol. The number of carbonyl (C=O) groups excluding carboxylic acids is 1. The lowest BCUT2D eigenvalue weighted by Gasteiger charge is -2.27. The van der Waals surface area contributed by atoms with Crippen LogP contribution in [0.5, 0.6) is 0 Å². The summed E-state index contributed by atoms with van der Waals surface area (Å²) in [6.07, 6.45) is 7.52. The fourth-order valence-electron chi connectivity index (χ4n) is 3.13. The lowest BCUT2D eigenvalue weighted by Crippen LogP contribution is -2.24. The fourth-order valence-corrected chi connectivity index (χ4v) is 3.13. The van der Waals surface area contributed by atoms with Crippen LogP contribution in [0.15, 0.2) is 49.1 Å². The van der Waals surface area contributed by atoms with E-state index in [4.69, 9.17) is 0 Å². The van der Waals surface area contributed by atoms with E-state index in [1.54, 1.807) is 18.6 Å². The summed E-state index contributed by atoms with van der Waals surface area (Å²) in [6, 6.07) is 9.78. The molecule has 3 aromatic rings. The third-order valence-electron chi connectivity index (χ3n) is 4.36. The van der Waals surface area contributed by atoms with Crippen molar-refractivity contribution in [2.45, 2.75) is 12.8 Å². The summed E-state index contributed by atoms with van der Waals surface area (Å²) < 4.78 is 1.88. The second-order valence-corrected chi connectivity index (χ2v) is 5.96. The number of carbonyl (C=O) groups is 1. The van der Waals surface area contributed by atoms with Gasteiger partial charge in [0.05, 0.1) is 18.0 Å². The van der Waals surface area contributed by atoms with Gasteiger partial charge in [-0.2, -0.15) is 0 Å². The molecule has 116 valence electrons. The van der Waals surface area contributed by atoms with Crippen molar-refractivity contribution >= 4 is 22.8 Å². The smallest absolute Gasteiger partial charge is 0.255 e. The SMILES string of the molecule is CN1CCCc2cc(NC(=O)c3ccn4cncc4c3)ccc21. The molecular formula is C18H18N4O. The summed E-state index contributed by atoms with van der Waals surface area (Å²) in [7, 11) is 2.11. The van der Waals surface area contributed by atoms with Gasteiger partial charge in [0.1, 0.15) is 0 Å². The maximum absolute atomic E-state index is 12.5. The Bertz CT molecular complexity index is 884. The number of benzene rings is 1. The molecule has 0 bridgehead atoms. The van der Waals surface area contributed by atoms with Gasteiger partial charge in [-0.05, 0) is 48.7 Å². The van der Waals surface area contributed by atoms with Crippen molar-refractivity contribution in [1.29, 1.82) is 0 Å². The van der Waals surface area contributed by atoms with Gasteiger partial charge in [-0.15, -0.1) is 0 Å². The molecule has 3 heterocycles. The quantitative estimate of drug-likeness (QED) is 0.792. The highest BCUT2D eigenvalue weighted by Gasteiger charge is 2.15. The summed E-state index contributed by atoms with van der Waals surface area (Å²) in [6.45, 7) is 1.09. The lowest BCUT2D eigenvalue weighted by atomic mass is 10.0. The number of hydrogen-bond donors (Lipinski definition) is 1. The summed E-state index contributed by atoms with van der Waals surface area (Å²) in [5, 5.41) is 2.99. The van der Waals surface area contributed by atoms with Crippen LogP contribution >= 0.6 is 0 Å². The number of pyridine rings is 1. The minimum atomic E-state index is -0.0992. The van der Waals surface area contributed by atoms with Crippen molar-refractivity contribution < 1.29 is 4.79 Å². The van der Waals surface area contributed by atoms with E-state index in [-0.39, 0.29) is 5.91 Å². The zero-order chi connectivity index (χ0) is 15.8. The average Bonchev–Trinajstić information content (AvgIpc) is 3.02. The van der Waals surface area contributed by atoms with E-state index in [9.17, 15) is 4.79 Å². The largest absolute Gasteiger partial charge is 0.374 e. The van der Waals surface area contributed by atoms with E-state index in [1.165, 1.54) is 11.3 Å². The molecule has 0 spiro atoms. The van der Waals surface area contributed by atoms with E-state index in [0.717, 1.165) is 30.6 Å². The Morgan fingerprint density at radius 1 is 1.26 bits per heavy atom. The van der Waals surface area contributed by atoms with Gasteiger partial charge in [-0.1, -0.05) is 0 Å². The molecule has 1 aliphatic rings. The molecule has 4 rings (SSSR count). The molecule has 0 aliphatic carbocycles. The van der Waals surface area contributed by atoms with Crippen molar-refractivity contribution in [2.75, 3.05) is 23.8 Å². The molecule has 23 heavy (non-hydrogen) atoms. The Morgan fingerprint density at radius 2 is 2.17 bits per heavy atom. The molecule has 0 fully saturated rings. The van der Waals surface area contributed by atoms with E-state index in [1.807, 2.05) is 22.7 Å². The van der Waals surface area contributed by atoms with Gasteiger partial charge in [0.2, 0.25) is 0 Å². The summed E-state index contributed by atoms with van der Waals surface area (Å²) in [5.74, 6) is -0.0992. The first-order chi connectivity index (χ1) is 11.2. The van der Waals surface area contributed by atoms with Gasteiger partial charge >= 0.3 is 0 Å². The maximum atomic E-state index is 12.5. The van der Waals surface area contributed by atoms with E-state index in [0.29, 0.717) is 5.56 Å². The molecule has 1 amide bonds. The second kappa shape index (κ2) is 5.43. The number of imidazole rings is 1. The zero-order valence-corrected chi connectivity index (χ0v) is 13.0. The Morgan fingerprint density at radius 3 is 3.09 bits per heavy atom. The van der Waals surface area contributed by atoms with Gasteiger partial charge in [0.25, 0.3) is 5.91 Å². The molecule has 0 unspecified atom stereocenters. The molecule has 1 aromatic carbocycles. The van der Waals surface area contributed by atoms with Gasteiger partial charge in [0, 0.05) is 36.7 Å². The van der Waals surface area contributed by atoms with Crippen molar-refractivity contribution in [3.8, 4) is 0 Å². The molecule has 5 heteroatoms. The van der Waals surface area contributed by atoms with Crippen LogP contribution in [0.1, 0.15) is 22.3 Å². The number of nitrogens with one attached hydrogen (secondary N) is 1. The molecule has 1 aliphatic heterocycles. The molecule has 0 radical (unpaired) electrons. The second-order valence-electron chi connectivity index (χ2n) is 5.96. The van der Waals surface area contributed by atoms with Crippen molar-refractivity contribution in [1.82, 2.24) is 9.38 Å². The number of fused-ring (bicyclic) bond motifs is 2. The van der Waals surface area contributed by atoms with E-state index >= 15 is 0 Å². The van der Waals surface area contributed by atoms with Crippen LogP contribution in [0, 0.1) is 0 Å². The van der Waals surface area contributed by atoms with Gasteiger partial charge in [-0.25, -0.2) is 4.98 Å². The highest BCUT2D eigenvalue weighted by molar-refractivity contribution is 6.05. The first-order valence-electron chi connectivity index (χ1n) is 7.78. The zero-order valence-electron chi connectivity index (χ0n) is 13.0. The molecule has 2 aromatic heterocycles. The first-order valence-corrected chi connectivity index (χ1v) is 7.78. The van der Waals surface area contributed by atoms with Gasteiger partial charge in [-0.3, -0.25) is 4.79 Å². The Balaban J connectivity index is 1.58. The summed E-state index contributed by atoms with van der Waals surface area (Å²) >= 11 is 0. The van der Waals surface area contributed by atoms with E-state index < -0.39 is 0 Å². The molecular weight excluding hydrogens is 288 g/mol. The number of nitrogens with zero attached hydrogens (tertiary/aromatic N) is 3. The number of hydrogen-bond acceptors (Lipinski definition) is 3. The summed E-state index contributed by atoms with van der Waals surface area (Å²) in [4.78, 5) is 18.8. The first kappa shape index (κ1) is 13.8. The number of aryl methyl sites for hydroxylation is 1. The number of aromatic nitrogens is 2. The Hall–Kier alpha value is -2.82. The molecule has 0 saturated carbocycles. The fraction of sp³-hybridized carbons (Fsp3) is 0.222. The van der Waals surface area contributed by atoms with Crippen molar-refractivity contribution in [3.05, 3.63) is 60.2 Å². The van der Waals surface area contributed by atoms with Gasteiger partial charge in [0.15, 0.2) is 0 Å². The maximum Gasteiger partial charge on any atom is 0.255 e. The van der Waals surface area contributed by atoms with Crippen LogP contribution in [0.2, 0.25) is 0 Å². The number of anilines is 2. The normalized spacial score (nSPS) is 13.9. The van der Waals surface area contributed by atoms with Crippen LogP contribution in [0.4, 0.5) is 11.4 Å². The molecule has 0 saturated heterocycles. The van der Waals surface area contributed by atoms with E-state index in [2.05, 4.69) is 34.4 Å². The predicted octanol–water partition coefficient (Wildman–Crippen LogP) is 2.97. The minimum Gasteiger partial charge on any atom is -0.374 e. The third-order valence-corrected chi connectivity index (χ3v) is 4.36. The van der Waals surface area contributed by atoms with Crippen LogP contribution in [0.3, 0.4) is 0 Å². The number of amides is 1. The van der Waals surface area contributed by atoms with Crippen LogP contribution in [-0.4, -0.2) is 28.9 Å². The third kappa shape index (κ3) is 2.54. The standard InChI is InChI=1S/C18H18N4O/c1-21-7-2-3-13-9-15(4-5-17(13)21)20-18(23)14-6-8-22-12-19-11-16(22)10-14/h4-6,8-12H,2-3,7H2,1H3,(H,20,23). The Labute approximate surface area is 134 Å². The molecule has 0 atom stereocenters. The topological polar surface area (TPSA) is 49.6 Å².